The van der Waals surface area contributed by atoms with E-state index in [0.29, 0.717) is 6.42 Å². The molecule has 1 atom stereocenters. The van der Waals surface area contributed by atoms with Gasteiger partial charge in [0.1, 0.15) is 5.72 Å². The van der Waals surface area contributed by atoms with Crippen molar-refractivity contribution in [3.63, 3.8) is 0 Å². The normalized spacial score (nSPS) is 28.2. The van der Waals surface area contributed by atoms with Crippen LogP contribution < -0.4 is 5.73 Å². The molecule has 2 rings (SSSR count). The van der Waals surface area contributed by atoms with E-state index in [1.54, 1.807) is 0 Å². The molecule has 12 heavy (non-hydrogen) atoms. The largest absolute Gasteiger partial charge is 0.372 e. The molecule has 1 aromatic carbocycles. The van der Waals surface area contributed by atoms with Crippen molar-refractivity contribution in [2.75, 3.05) is 0 Å². The minimum Gasteiger partial charge on any atom is -0.372 e. The first-order valence-electron chi connectivity index (χ1n) is 4.30. The summed E-state index contributed by atoms with van der Waals surface area (Å²) in [6.45, 7) is 0. The van der Waals surface area contributed by atoms with Gasteiger partial charge in [0.05, 0.1) is 0 Å². The maximum Gasteiger partial charge on any atom is 0.139 e. The summed E-state index contributed by atoms with van der Waals surface area (Å²) < 4.78 is 0. The Kier molecular flexibility index (Phi) is 1.67. The fraction of sp³-hybridized carbons (Fsp3) is 0.400. The summed E-state index contributed by atoms with van der Waals surface area (Å²) in [4.78, 5) is 0. The van der Waals surface area contributed by atoms with Crippen LogP contribution in [0.1, 0.15) is 24.0 Å². The zero-order chi connectivity index (χ0) is 8.60. The van der Waals surface area contributed by atoms with Gasteiger partial charge in [-0.3, -0.25) is 5.73 Å². The molecular weight excluding hydrogens is 150 g/mol. The second kappa shape index (κ2) is 2.57. The maximum absolute atomic E-state index is 9.80. The van der Waals surface area contributed by atoms with Crippen molar-refractivity contribution < 1.29 is 5.11 Å². The van der Waals surface area contributed by atoms with Gasteiger partial charge in [-0.1, -0.05) is 24.3 Å². The van der Waals surface area contributed by atoms with Gasteiger partial charge >= 0.3 is 0 Å². The van der Waals surface area contributed by atoms with Crippen LogP contribution in [0.15, 0.2) is 24.3 Å². The molecule has 0 aromatic heterocycles. The van der Waals surface area contributed by atoms with Gasteiger partial charge in [0.15, 0.2) is 0 Å². The molecule has 64 valence electrons. The highest BCUT2D eigenvalue weighted by Gasteiger charge is 2.29. The molecule has 1 aromatic rings. The van der Waals surface area contributed by atoms with Crippen molar-refractivity contribution in [2.45, 2.75) is 25.0 Å². The lowest BCUT2D eigenvalue weighted by Crippen LogP contribution is -2.39. The van der Waals surface area contributed by atoms with Crippen LogP contribution in [0.2, 0.25) is 0 Å². The third-order valence-corrected chi connectivity index (χ3v) is 2.49. The number of aliphatic hydroxyl groups is 1. The SMILES string of the molecule is NC1(O)CCCc2ccccc21. The molecule has 0 heterocycles. The van der Waals surface area contributed by atoms with Gasteiger partial charge < -0.3 is 5.11 Å². The maximum atomic E-state index is 9.80. The van der Waals surface area contributed by atoms with Crippen LogP contribution in [0.4, 0.5) is 0 Å². The molecule has 0 saturated heterocycles. The summed E-state index contributed by atoms with van der Waals surface area (Å²) in [5, 5.41) is 9.80. The smallest absolute Gasteiger partial charge is 0.139 e. The number of aryl methyl sites for hydroxylation is 1. The first-order valence-corrected chi connectivity index (χ1v) is 4.30. The minimum atomic E-state index is -1.09. The lowest BCUT2D eigenvalue weighted by molar-refractivity contribution is 0.0255. The summed E-state index contributed by atoms with van der Waals surface area (Å²) >= 11 is 0. The third kappa shape index (κ3) is 1.13. The van der Waals surface area contributed by atoms with Crippen LogP contribution in [-0.4, -0.2) is 5.11 Å². The van der Waals surface area contributed by atoms with E-state index >= 15 is 0 Å². The van der Waals surface area contributed by atoms with Crippen LogP contribution in [-0.2, 0) is 12.1 Å². The molecule has 0 amide bonds. The number of fused-ring (bicyclic) bond motifs is 1. The van der Waals surface area contributed by atoms with Crippen molar-refractivity contribution in [1.82, 2.24) is 0 Å². The molecule has 0 radical (unpaired) electrons. The molecule has 2 heteroatoms. The fourth-order valence-corrected chi connectivity index (χ4v) is 1.84. The van der Waals surface area contributed by atoms with Crippen molar-refractivity contribution in [2.24, 2.45) is 5.73 Å². The van der Waals surface area contributed by atoms with Gasteiger partial charge in [-0.2, -0.15) is 0 Å². The molecule has 1 aliphatic rings. The fourth-order valence-electron chi connectivity index (χ4n) is 1.84. The van der Waals surface area contributed by atoms with E-state index in [-0.39, 0.29) is 0 Å². The Morgan fingerprint density at radius 1 is 1.33 bits per heavy atom. The summed E-state index contributed by atoms with van der Waals surface area (Å²) in [5.41, 5.74) is 6.74. The van der Waals surface area contributed by atoms with Gasteiger partial charge in [0.2, 0.25) is 0 Å². The molecule has 0 fully saturated rings. The Bertz CT molecular complexity index is 294. The Morgan fingerprint density at radius 2 is 2.08 bits per heavy atom. The number of hydrogen-bond acceptors (Lipinski definition) is 2. The lowest BCUT2D eigenvalue weighted by Gasteiger charge is -2.30. The van der Waals surface area contributed by atoms with Gasteiger partial charge in [0, 0.05) is 5.56 Å². The van der Waals surface area contributed by atoms with Crippen LogP contribution in [0.3, 0.4) is 0 Å². The zero-order valence-electron chi connectivity index (χ0n) is 6.96. The summed E-state index contributed by atoms with van der Waals surface area (Å²) in [6, 6.07) is 7.85. The Hall–Kier alpha value is -0.860. The van der Waals surface area contributed by atoms with Gasteiger partial charge in [-0.05, 0) is 24.8 Å². The average Bonchev–Trinajstić information content (AvgIpc) is 2.04. The molecule has 0 spiro atoms. The monoisotopic (exact) mass is 163 g/mol. The third-order valence-electron chi connectivity index (χ3n) is 2.49. The van der Waals surface area contributed by atoms with Gasteiger partial charge in [-0.25, -0.2) is 0 Å². The van der Waals surface area contributed by atoms with E-state index in [2.05, 4.69) is 0 Å². The van der Waals surface area contributed by atoms with E-state index in [0.717, 1.165) is 18.4 Å². The zero-order valence-corrected chi connectivity index (χ0v) is 6.96. The molecular formula is C10H13NO. The van der Waals surface area contributed by atoms with Crippen molar-refractivity contribution in [1.29, 1.82) is 0 Å². The molecule has 3 N–H and O–H groups in total. The summed E-state index contributed by atoms with van der Waals surface area (Å²) in [5.74, 6) is 0. The molecule has 1 unspecified atom stereocenters. The molecule has 1 aliphatic carbocycles. The number of rotatable bonds is 0. The Morgan fingerprint density at radius 3 is 2.83 bits per heavy atom. The van der Waals surface area contributed by atoms with E-state index < -0.39 is 5.72 Å². The Labute approximate surface area is 72.0 Å². The van der Waals surface area contributed by atoms with E-state index in [4.69, 9.17) is 5.73 Å². The van der Waals surface area contributed by atoms with E-state index in [9.17, 15) is 5.11 Å². The predicted molar refractivity (Wildman–Crippen MR) is 47.5 cm³/mol. The van der Waals surface area contributed by atoms with Crippen molar-refractivity contribution >= 4 is 0 Å². The van der Waals surface area contributed by atoms with Crippen LogP contribution in [0, 0.1) is 0 Å². The first kappa shape index (κ1) is 7.77. The van der Waals surface area contributed by atoms with Crippen molar-refractivity contribution in [3.8, 4) is 0 Å². The molecule has 2 nitrogen and oxygen atoms in total. The average molecular weight is 163 g/mol. The number of nitrogens with two attached hydrogens (primary N) is 1. The number of hydrogen-bond donors (Lipinski definition) is 2. The molecule has 0 saturated carbocycles. The van der Waals surface area contributed by atoms with Crippen LogP contribution in [0.5, 0.6) is 0 Å². The first-order chi connectivity index (χ1) is 5.70. The van der Waals surface area contributed by atoms with Gasteiger partial charge in [0.25, 0.3) is 0 Å². The summed E-state index contributed by atoms with van der Waals surface area (Å²) in [6.07, 6.45) is 2.68. The standard InChI is InChI=1S/C10H13NO/c11-10(12)7-3-5-8-4-1-2-6-9(8)10/h1-2,4,6,12H,3,5,7,11H2. The second-order valence-electron chi connectivity index (χ2n) is 3.43. The lowest BCUT2D eigenvalue weighted by atomic mass is 9.85. The predicted octanol–water partition coefficient (Wildman–Crippen LogP) is 1.13. The molecule has 0 aliphatic heterocycles. The second-order valence-corrected chi connectivity index (χ2v) is 3.43. The quantitative estimate of drug-likeness (QED) is 0.563. The summed E-state index contributed by atoms with van der Waals surface area (Å²) in [7, 11) is 0. The van der Waals surface area contributed by atoms with Crippen molar-refractivity contribution in [3.05, 3.63) is 35.4 Å². The molecule has 0 bridgehead atoms. The highest BCUT2D eigenvalue weighted by atomic mass is 16.3. The van der Waals surface area contributed by atoms with E-state index in [1.807, 2.05) is 24.3 Å². The topological polar surface area (TPSA) is 46.2 Å². The highest BCUT2D eigenvalue weighted by molar-refractivity contribution is 5.33. The minimum absolute atomic E-state index is 0.671. The number of benzene rings is 1. The van der Waals surface area contributed by atoms with E-state index in [1.165, 1.54) is 5.56 Å². The highest BCUT2D eigenvalue weighted by Crippen LogP contribution is 2.30. The van der Waals surface area contributed by atoms with Gasteiger partial charge in [-0.15, -0.1) is 0 Å². The van der Waals surface area contributed by atoms with Crippen LogP contribution >= 0.6 is 0 Å². The van der Waals surface area contributed by atoms with Crippen LogP contribution in [0.25, 0.3) is 0 Å². The Balaban J connectivity index is 2.52.